The van der Waals surface area contributed by atoms with E-state index in [1.54, 1.807) is 0 Å². The van der Waals surface area contributed by atoms with Crippen LogP contribution in [0.4, 0.5) is 0 Å². The van der Waals surface area contributed by atoms with E-state index in [-0.39, 0.29) is 0 Å². The maximum atomic E-state index is 11.4. The van der Waals surface area contributed by atoms with Crippen molar-refractivity contribution < 1.29 is 4.79 Å². The first kappa shape index (κ1) is 9.56. The van der Waals surface area contributed by atoms with Crippen LogP contribution in [-0.4, -0.2) is 23.9 Å². The van der Waals surface area contributed by atoms with Gasteiger partial charge in [0.1, 0.15) is 0 Å². The van der Waals surface area contributed by atoms with Crippen LogP contribution in [0.1, 0.15) is 39.5 Å². The Labute approximate surface area is 74.9 Å². The molecule has 2 heteroatoms. The van der Waals surface area contributed by atoms with E-state index in [0.29, 0.717) is 18.2 Å². The fourth-order valence-corrected chi connectivity index (χ4v) is 1.80. The molecule has 0 spiro atoms. The maximum absolute atomic E-state index is 11.4. The van der Waals surface area contributed by atoms with Crippen LogP contribution in [0.25, 0.3) is 0 Å². The summed E-state index contributed by atoms with van der Waals surface area (Å²) in [6.45, 7) is 6.14. The van der Waals surface area contributed by atoms with E-state index in [2.05, 4.69) is 6.92 Å². The summed E-state index contributed by atoms with van der Waals surface area (Å²) in [4.78, 5) is 13.4. The lowest BCUT2D eigenvalue weighted by Gasteiger charge is -2.21. The molecule has 12 heavy (non-hydrogen) atoms. The van der Waals surface area contributed by atoms with Crippen LogP contribution in [0, 0.1) is 5.92 Å². The molecule has 1 unspecified atom stereocenters. The Hall–Kier alpha value is -0.530. The van der Waals surface area contributed by atoms with Gasteiger partial charge in [-0.3, -0.25) is 4.79 Å². The van der Waals surface area contributed by atoms with E-state index in [1.165, 1.54) is 19.3 Å². The van der Waals surface area contributed by atoms with Gasteiger partial charge in [0.25, 0.3) is 0 Å². The lowest BCUT2D eigenvalue weighted by molar-refractivity contribution is -0.131. The molecule has 70 valence electrons. The Morgan fingerprint density at radius 3 is 2.92 bits per heavy atom. The highest BCUT2D eigenvalue weighted by molar-refractivity contribution is 5.75. The summed E-state index contributed by atoms with van der Waals surface area (Å²) in [6, 6.07) is 0. The molecule has 1 heterocycles. The van der Waals surface area contributed by atoms with Gasteiger partial charge in [-0.05, 0) is 18.8 Å². The summed E-state index contributed by atoms with van der Waals surface area (Å²) in [5, 5.41) is 0. The second-order valence-corrected chi connectivity index (χ2v) is 3.79. The van der Waals surface area contributed by atoms with Crippen molar-refractivity contribution in [1.29, 1.82) is 0 Å². The Balaban J connectivity index is 2.46. The minimum absolute atomic E-state index is 0.323. The van der Waals surface area contributed by atoms with E-state index >= 15 is 0 Å². The van der Waals surface area contributed by atoms with Crippen LogP contribution in [0.15, 0.2) is 0 Å². The molecule has 1 rings (SSSR count). The minimum Gasteiger partial charge on any atom is -0.342 e. The lowest BCUT2D eigenvalue weighted by Crippen LogP contribution is -2.33. The summed E-state index contributed by atoms with van der Waals surface area (Å²) < 4.78 is 0. The molecular weight excluding hydrogens is 150 g/mol. The van der Waals surface area contributed by atoms with Crippen molar-refractivity contribution >= 4 is 5.91 Å². The smallest absolute Gasteiger partial charge is 0.222 e. The number of nitrogens with zero attached hydrogens (tertiary/aromatic N) is 1. The van der Waals surface area contributed by atoms with Gasteiger partial charge in [-0.1, -0.05) is 20.3 Å². The van der Waals surface area contributed by atoms with Crippen molar-refractivity contribution in [2.24, 2.45) is 5.92 Å². The van der Waals surface area contributed by atoms with Crippen molar-refractivity contribution in [2.45, 2.75) is 39.5 Å². The maximum Gasteiger partial charge on any atom is 0.222 e. The second kappa shape index (κ2) is 4.48. The van der Waals surface area contributed by atoms with Crippen molar-refractivity contribution in [3.8, 4) is 0 Å². The number of hydrogen-bond acceptors (Lipinski definition) is 1. The summed E-state index contributed by atoms with van der Waals surface area (Å²) in [5.74, 6) is 1.02. The highest BCUT2D eigenvalue weighted by Crippen LogP contribution is 2.15. The summed E-state index contributed by atoms with van der Waals surface area (Å²) in [5.41, 5.74) is 0. The topological polar surface area (TPSA) is 20.3 Å². The summed E-state index contributed by atoms with van der Waals surface area (Å²) in [6.07, 6.45) is 4.42. The normalized spacial score (nSPS) is 25.2. The average molecular weight is 169 g/mol. The third-order valence-corrected chi connectivity index (χ3v) is 2.56. The third kappa shape index (κ3) is 2.50. The van der Waals surface area contributed by atoms with Crippen LogP contribution in [-0.2, 0) is 4.79 Å². The zero-order valence-corrected chi connectivity index (χ0v) is 8.18. The number of hydrogen-bond donors (Lipinski definition) is 0. The minimum atomic E-state index is 0.323. The van der Waals surface area contributed by atoms with Gasteiger partial charge < -0.3 is 4.90 Å². The monoisotopic (exact) mass is 169 g/mol. The number of carbonyl (C=O) groups is 1. The molecule has 2 nitrogen and oxygen atoms in total. The molecular formula is C10H19NO. The standard InChI is InChI=1S/C10H19NO/c1-3-10(12)11-7-5-4-6-9(2)8-11/h9H,3-8H2,1-2H3. The molecule has 1 atom stereocenters. The molecule has 0 radical (unpaired) electrons. The Morgan fingerprint density at radius 2 is 2.25 bits per heavy atom. The van der Waals surface area contributed by atoms with Crippen molar-refractivity contribution in [3.05, 3.63) is 0 Å². The SMILES string of the molecule is CCC(=O)N1CCCCC(C)C1. The van der Waals surface area contributed by atoms with Gasteiger partial charge in [0.2, 0.25) is 5.91 Å². The molecule has 1 aliphatic heterocycles. The van der Waals surface area contributed by atoms with Gasteiger partial charge >= 0.3 is 0 Å². The van der Waals surface area contributed by atoms with Crippen LogP contribution < -0.4 is 0 Å². The molecule has 0 N–H and O–H groups in total. The predicted octanol–water partition coefficient (Wildman–Crippen LogP) is 2.04. The van der Waals surface area contributed by atoms with Crippen molar-refractivity contribution in [1.82, 2.24) is 4.90 Å². The van der Waals surface area contributed by atoms with Gasteiger partial charge in [-0.25, -0.2) is 0 Å². The number of rotatable bonds is 1. The molecule has 0 aliphatic carbocycles. The number of likely N-dealkylation sites (tertiary alicyclic amines) is 1. The fraction of sp³-hybridized carbons (Fsp3) is 0.900. The molecule has 0 aromatic rings. The zero-order valence-electron chi connectivity index (χ0n) is 8.18. The summed E-state index contributed by atoms with van der Waals surface area (Å²) >= 11 is 0. The Kier molecular flexibility index (Phi) is 3.57. The summed E-state index contributed by atoms with van der Waals surface area (Å²) in [7, 11) is 0. The van der Waals surface area contributed by atoms with E-state index in [4.69, 9.17) is 0 Å². The van der Waals surface area contributed by atoms with E-state index in [9.17, 15) is 4.79 Å². The number of amides is 1. The van der Waals surface area contributed by atoms with E-state index < -0.39 is 0 Å². The first-order valence-electron chi connectivity index (χ1n) is 5.01. The van der Waals surface area contributed by atoms with Gasteiger partial charge in [0, 0.05) is 19.5 Å². The molecule has 0 saturated carbocycles. The first-order chi connectivity index (χ1) is 5.74. The quantitative estimate of drug-likeness (QED) is 0.588. The van der Waals surface area contributed by atoms with Crippen LogP contribution >= 0.6 is 0 Å². The Morgan fingerprint density at radius 1 is 1.50 bits per heavy atom. The van der Waals surface area contributed by atoms with Crippen LogP contribution in [0.5, 0.6) is 0 Å². The highest BCUT2D eigenvalue weighted by atomic mass is 16.2. The largest absolute Gasteiger partial charge is 0.342 e. The zero-order chi connectivity index (χ0) is 8.97. The molecule has 1 amide bonds. The molecule has 0 aromatic heterocycles. The first-order valence-corrected chi connectivity index (χ1v) is 5.01. The fourth-order valence-electron chi connectivity index (χ4n) is 1.80. The van der Waals surface area contributed by atoms with Gasteiger partial charge in [0.05, 0.1) is 0 Å². The third-order valence-electron chi connectivity index (χ3n) is 2.56. The Bertz CT molecular complexity index is 156. The van der Waals surface area contributed by atoms with Gasteiger partial charge in [-0.15, -0.1) is 0 Å². The average Bonchev–Trinajstić information content (AvgIpc) is 2.28. The molecule has 0 aromatic carbocycles. The molecule has 1 saturated heterocycles. The second-order valence-electron chi connectivity index (χ2n) is 3.79. The van der Waals surface area contributed by atoms with Crippen LogP contribution in [0.2, 0.25) is 0 Å². The predicted molar refractivity (Wildman–Crippen MR) is 49.9 cm³/mol. The highest BCUT2D eigenvalue weighted by Gasteiger charge is 2.17. The van der Waals surface area contributed by atoms with E-state index in [1.807, 2.05) is 11.8 Å². The van der Waals surface area contributed by atoms with Gasteiger partial charge in [-0.2, -0.15) is 0 Å². The lowest BCUT2D eigenvalue weighted by atomic mass is 10.1. The molecule has 1 aliphatic rings. The van der Waals surface area contributed by atoms with Crippen molar-refractivity contribution in [2.75, 3.05) is 13.1 Å². The van der Waals surface area contributed by atoms with Gasteiger partial charge in [0.15, 0.2) is 0 Å². The van der Waals surface area contributed by atoms with E-state index in [0.717, 1.165) is 13.1 Å². The number of carbonyl (C=O) groups excluding carboxylic acids is 1. The molecule has 0 bridgehead atoms. The molecule has 1 fully saturated rings. The van der Waals surface area contributed by atoms with Crippen molar-refractivity contribution in [3.63, 3.8) is 0 Å². The van der Waals surface area contributed by atoms with Crippen LogP contribution in [0.3, 0.4) is 0 Å².